The van der Waals surface area contributed by atoms with Crippen molar-refractivity contribution in [2.24, 2.45) is 5.92 Å². The number of halogens is 1. The molecule has 0 aliphatic carbocycles. The highest BCUT2D eigenvalue weighted by Gasteiger charge is 2.15. The number of thiol groups is 1. The zero-order valence-corrected chi connectivity index (χ0v) is 11.8. The molecule has 6 heteroatoms. The lowest BCUT2D eigenvalue weighted by Gasteiger charge is -2.11. The first kappa shape index (κ1) is 15.1. The summed E-state index contributed by atoms with van der Waals surface area (Å²) in [5.74, 6) is 1.55. The molecular weight excluding hydrogens is 274 g/mol. The summed E-state index contributed by atoms with van der Waals surface area (Å²) in [6, 6.07) is 4.31. The lowest BCUT2D eigenvalue weighted by Crippen LogP contribution is -2.06. The first-order valence-corrected chi connectivity index (χ1v) is 6.73. The molecule has 0 heterocycles. The molecule has 0 spiro atoms. The molecule has 1 aromatic rings. The van der Waals surface area contributed by atoms with Crippen molar-refractivity contribution in [3.63, 3.8) is 0 Å². The molecular formula is C12H16ClNO3S. The lowest BCUT2D eigenvalue weighted by atomic mass is 10.1. The fraction of sp³-hybridized carbons (Fsp3) is 0.500. The topological polar surface area (TPSA) is 52.4 Å². The average molecular weight is 290 g/mol. The fourth-order valence-corrected chi connectivity index (χ4v) is 2.09. The molecule has 0 radical (unpaired) electrons. The maximum Gasteiger partial charge on any atom is 0.311 e. The summed E-state index contributed by atoms with van der Waals surface area (Å²) in [5.41, 5.74) is -0.0544. The second-order valence-corrected chi connectivity index (χ2v) is 5.01. The van der Waals surface area contributed by atoms with Gasteiger partial charge >= 0.3 is 5.69 Å². The molecule has 1 unspecified atom stereocenters. The highest BCUT2D eigenvalue weighted by atomic mass is 35.5. The SMILES string of the molecule is CC(CCS)CCOc1cc(Cl)ccc1[N+](=O)[O-]. The zero-order chi connectivity index (χ0) is 13.5. The van der Waals surface area contributed by atoms with Crippen LogP contribution < -0.4 is 4.74 Å². The van der Waals surface area contributed by atoms with Gasteiger partial charge in [0.25, 0.3) is 0 Å². The van der Waals surface area contributed by atoms with Gasteiger partial charge in [-0.3, -0.25) is 10.1 Å². The van der Waals surface area contributed by atoms with E-state index in [9.17, 15) is 10.1 Å². The van der Waals surface area contributed by atoms with Gasteiger partial charge in [0.1, 0.15) is 0 Å². The van der Waals surface area contributed by atoms with Gasteiger partial charge in [-0.2, -0.15) is 12.6 Å². The molecule has 0 saturated heterocycles. The largest absolute Gasteiger partial charge is 0.487 e. The van der Waals surface area contributed by atoms with Crippen molar-refractivity contribution in [2.75, 3.05) is 12.4 Å². The van der Waals surface area contributed by atoms with Crippen molar-refractivity contribution in [3.05, 3.63) is 33.3 Å². The average Bonchev–Trinajstić information content (AvgIpc) is 2.29. The van der Waals surface area contributed by atoms with Crippen molar-refractivity contribution in [1.82, 2.24) is 0 Å². The van der Waals surface area contributed by atoms with Crippen LogP contribution in [0.2, 0.25) is 5.02 Å². The normalized spacial score (nSPS) is 12.2. The minimum atomic E-state index is -0.469. The Hall–Kier alpha value is -0.940. The Bertz CT molecular complexity index is 414. The molecule has 1 rings (SSSR count). The van der Waals surface area contributed by atoms with Gasteiger partial charge in [0.15, 0.2) is 5.75 Å². The van der Waals surface area contributed by atoms with Gasteiger partial charge in [-0.15, -0.1) is 0 Å². The van der Waals surface area contributed by atoms with Gasteiger partial charge in [0.05, 0.1) is 11.5 Å². The molecule has 0 amide bonds. The molecule has 4 nitrogen and oxygen atoms in total. The van der Waals surface area contributed by atoms with Crippen LogP contribution in [0.1, 0.15) is 19.8 Å². The molecule has 0 aromatic heterocycles. The first-order chi connectivity index (χ1) is 8.54. The van der Waals surface area contributed by atoms with Gasteiger partial charge in [-0.1, -0.05) is 18.5 Å². The van der Waals surface area contributed by atoms with Crippen LogP contribution >= 0.6 is 24.2 Å². The summed E-state index contributed by atoms with van der Waals surface area (Å²) in [6.45, 7) is 2.54. The predicted octanol–water partition coefficient (Wildman–Crippen LogP) is 3.97. The fourth-order valence-electron chi connectivity index (χ4n) is 1.49. The molecule has 1 aromatic carbocycles. The van der Waals surface area contributed by atoms with E-state index in [0.717, 1.165) is 18.6 Å². The maximum atomic E-state index is 10.8. The first-order valence-electron chi connectivity index (χ1n) is 5.72. The molecule has 100 valence electrons. The van der Waals surface area contributed by atoms with Crippen LogP contribution in [0, 0.1) is 16.0 Å². The van der Waals surface area contributed by atoms with E-state index < -0.39 is 4.92 Å². The molecule has 0 aliphatic heterocycles. The van der Waals surface area contributed by atoms with Crippen molar-refractivity contribution in [1.29, 1.82) is 0 Å². The highest BCUT2D eigenvalue weighted by molar-refractivity contribution is 7.80. The summed E-state index contributed by atoms with van der Waals surface area (Å²) in [4.78, 5) is 10.3. The number of nitrogens with zero attached hydrogens (tertiary/aromatic N) is 1. The summed E-state index contributed by atoms with van der Waals surface area (Å²) in [7, 11) is 0. The van der Waals surface area contributed by atoms with Gasteiger partial charge in [-0.25, -0.2) is 0 Å². The van der Waals surface area contributed by atoms with E-state index in [1.54, 1.807) is 0 Å². The lowest BCUT2D eigenvalue weighted by molar-refractivity contribution is -0.385. The van der Waals surface area contributed by atoms with Crippen molar-refractivity contribution in [3.8, 4) is 5.75 Å². The van der Waals surface area contributed by atoms with Crippen molar-refractivity contribution < 1.29 is 9.66 Å². The third-order valence-corrected chi connectivity index (χ3v) is 3.10. The summed E-state index contributed by atoms with van der Waals surface area (Å²) >= 11 is 9.96. The van der Waals surface area contributed by atoms with Crippen LogP contribution in [0.5, 0.6) is 5.75 Å². The van der Waals surface area contributed by atoms with Gasteiger partial charge in [-0.05, 0) is 30.6 Å². The van der Waals surface area contributed by atoms with Gasteiger partial charge in [0.2, 0.25) is 0 Å². The third-order valence-electron chi connectivity index (χ3n) is 2.61. The van der Waals surface area contributed by atoms with E-state index in [1.165, 1.54) is 18.2 Å². The van der Waals surface area contributed by atoms with E-state index in [0.29, 0.717) is 17.5 Å². The van der Waals surface area contributed by atoms with E-state index in [2.05, 4.69) is 19.6 Å². The summed E-state index contributed by atoms with van der Waals surface area (Å²) < 4.78 is 5.45. The smallest absolute Gasteiger partial charge is 0.311 e. The molecule has 0 bridgehead atoms. The van der Waals surface area contributed by atoms with E-state index in [1.807, 2.05) is 0 Å². The Kier molecular flexibility index (Phi) is 6.29. The molecule has 18 heavy (non-hydrogen) atoms. The van der Waals surface area contributed by atoms with Crippen molar-refractivity contribution >= 4 is 29.9 Å². The monoisotopic (exact) mass is 289 g/mol. The van der Waals surface area contributed by atoms with Crippen LogP contribution in [0.15, 0.2) is 18.2 Å². The second-order valence-electron chi connectivity index (χ2n) is 4.12. The van der Waals surface area contributed by atoms with E-state index in [4.69, 9.17) is 16.3 Å². The number of hydrogen-bond acceptors (Lipinski definition) is 4. The number of benzene rings is 1. The van der Waals surface area contributed by atoms with Crippen molar-refractivity contribution in [2.45, 2.75) is 19.8 Å². The standard InChI is InChI=1S/C12H16ClNO3S/c1-9(5-7-18)4-6-17-12-8-10(13)2-3-11(12)14(15)16/h2-3,8-9,18H,4-7H2,1H3. The van der Waals surface area contributed by atoms with Crippen LogP contribution in [0.3, 0.4) is 0 Å². The van der Waals surface area contributed by atoms with Gasteiger partial charge < -0.3 is 4.74 Å². The summed E-state index contributed by atoms with van der Waals surface area (Å²) in [6.07, 6.45) is 1.84. The highest BCUT2D eigenvalue weighted by Crippen LogP contribution is 2.30. The Morgan fingerprint density at radius 2 is 2.22 bits per heavy atom. The Morgan fingerprint density at radius 3 is 2.83 bits per heavy atom. The molecule has 0 fully saturated rings. The molecule has 0 saturated carbocycles. The zero-order valence-electron chi connectivity index (χ0n) is 10.1. The maximum absolute atomic E-state index is 10.8. The number of ether oxygens (including phenoxy) is 1. The van der Waals surface area contributed by atoms with E-state index in [-0.39, 0.29) is 11.4 Å². The number of hydrogen-bond donors (Lipinski definition) is 1. The number of nitro groups is 1. The quantitative estimate of drug-likeness (QED) is 0.469. The minimum Gasteiger partial charge on any atom is -0.487 e. The summed E-state index contributed by atoms with van der Waals surface area (Å²) in [5, 5.41) is 11.2. The Morgan fingerprint density at radius 1 is 1.50 bits per heavy atom. The molecule has 0 aliphatic rings. The minimum absolute atomic E-state index is 0.0544. The van der Waals surface area contributed by atoms with E-state index >= 15 is 0 Å². The Labute approximate surface area is 117 Å². The molecule has 1 atom stereocenters. The van der Waals surface area contributed by atoms with Crippen LogP contribution in [0.4, 0.5) is 5.69 Å². The van der Waals surface area contributed by atoms with Crippen LogP contribution in [-0.2, 0) is 0 Å². The van der Waals surface area contributed by atoms with Crippen LogP contribution in [-0.4, -0.2) is 17.3 Å². The van der Waals surface area contributed by atoms with Crippen LogP contribution in [0.25, 0.3) is 0 Å². The second kappa shape index (κ2) is 7.48. The third kappa shape index (κ3) is 4.74. The predicted molar refractivity (Wildman–Crippen MR) is 75.9 cm³/mol. The van der Waals surface area contributed by atoms with Gasteiger partial charge in [0, 0.05) is 17.2 Å². The number of nitro benzene ring substituents is 1. The molecule has 0 N–H and O–H groups in total. The Balaban J connectivity index is 2.60. The number of rotatable bonds is 7.